The quantitative estimate of drug-likeness (QED) is 0.770. The number of nitrogens with zero attached hydrogens (tertiary/aromatic N) is 3. The van der Waals surface area contributed by atoms with Crippen LogP contribution in [0.25, 0.3) is 11.3 Å². The molecule has 4 fully saturated rings. The minimum atomic E-state index is 0.0187. The van der Waals surface area contributed by atoms with E-state index in [2.05, 4.69) is 57.6 Å². The first kappa shape index (κ1) is 20.6. The zero-order chi connectivity index (χ0) is 21.2. The van der Waals surface area contributed by atoms with Crippen LogP contribution in [0, 0.1) is 5.92 Å². The number of carbonyl (C=O) groups is 1. The Kier molecular flexibility index (Phi) is 5.99. The van der Waals surface area contributed by atoms with Gasteiger partial charge >= 0.3 is 6.03 Å². The van der Waals surface area contributed by atoms with Gasteiger partial charge in [-0.3, -0.25) is 9.58 Å². The van der Waals surface area contributed by atoms with Crippen LogP contribution in [0.4, 0.5) is 4.79 Å². The molecule has 3 saturated heterocycles. The smallest absolute Gasteiger partial charge is 0.315 e. The van der Waals surface area contributed by atoms with Crippen LogP contribution in [-0.2, 0) is 7.05 Å². The Morgan fingerprint density at radius 3 is 2.68 bits per heavy atom. The summed E-state index contributed by atoms with van der Waals surface area (Å²) in [7, 11) is 2.08. The molecule has 4 aliphatic rings. The Hall–Kier alpha value is -2.34. The summed E-state index contributed by atoms with van der Waals surface area (Å²) in [4.78, 5) is 15.0. The lowest BCUT2D eigenvalue weighted by Crippen LogP contribution is -2.57. The van der Waals surface area contributed by atoms with E-state index in [1.807, 2.05) is 6.07 Å². The van der Waals surface area contributed by atoms with Gasteiger partial charge in [-0.05, 0) is 44.2 Å². The number of carbonyl (C=O) groups excluding carboxylic acids is 1. The van der Waals surface area contributed by atoms with E-state index in [1.165, 1.54) is 36.9 Å². The molecule has 1 aliphatic carbocycles. The fourth-order valence-corrected chi connectivity index (χ4v) is 5.96. The highest BCUT2D eigenvalue weighted by Gasteiger charge is 2.41. The van der Waals surface area contributed by atoms with E-state index in [0.29, 0.717) is 23.9 Å². The van der Waals surface area contributed by atoms with Crippen LogP contribution in [0.5, 0.6) is 0 Å². The molecule has 2 aromatic rings. The highest BCUT2D eigenvalue weighted by molar-refractivity contribution is 5.74. The molecule has 1 saturated carbocycles. The van der Waals surface area contributed by atoms with Gasteiger partial charge in [0.1, 0.15) is 0 Å². The molecule has 3 aliphatic heterocycles. The number of piperidine rings is 3. The first-order valence-corrected chi connectivity index (χ1v) is 12.0. The Bertz CT molecular complexity index is 889. The number of amides is 2. The molecule has 166 valence electrons. The van der Waals surface area contributed by atoms with E-state index in [9.17, 15) is 4.79 Å². The van der Waals surface area contributed by atoms with Gasteiger partial charge in [-0.25, -0.2) is 4.79 Å². The summed E-state index contributed by atoms with van der Waals surface area (Å²) in [5.74, 6) is 1.19. The molecule has 31 heavy (non-hydrogen) atoms. The van der Waals surface area contributed by atoms with Crippen molar-refractivity contribution in [2.45, 2.75) is 62.9 Å². The van der Waals surface area contributed by atoms with Crippen LogP contribution in [0.3, 0.4) is 0 Å². The van der Waals surface area contributed by atoms with Crippen molar-refractivity contribution in [1.29, 1.82) is 0 Å². The highest BCUT2D eigenvalue weighted by atomic mass is 16.2. The molecular formula is C25H35N5O. The SMILES string of the molecule is Cn1nc(-c2ccccc2)cc1C1CN2CCC1CC2CNC(=O)NC1CCCCC1. The van der Waals surface area contributed by atoms with Gasteiger partial charge in [0.15, 0.2) is 0 Å². The summed E-state index contributed by atoms with van der Waals surface area (Å²) < 4.78 is 2.08. The Labute approximate surface area is 185 Å². The molecular weight excluding hydrogens is 386 g/mol. The largest absolute Gasteiger partial charge is 0.337 e. The summed E-state index contributed by atoms with van der Waals surface area (Å²) in [6.45, 7) is 2.96. The van der Waals surface area contributed by atoms with Gasteiger partial charge in [0.2, 0.25) is 0 Å². The second-order valence-electron chi connectivity index (χ2n) is 9.67. The average Bonchev–Trinajstić information content (AvgIpc) is 3.21. The van der Waals surface area contributed by atoms with Gasteiger partial charge in [-0.1, -0.05) is 49.6 Å². The van der Waals surface area contributed by atoms with E-state index in [-0.39, 0.29) is 6.03 Å². The molecule has 1 aromatic heterocycles. The number of aryl methyl sites for hydroxylation is 1. The van der Waals surface area contributed by atoms with Crippen molar-refractivity contribution in [2.75, 3.05) is 19.6 Å². The van der Waals surface area contributed by atoms with Gasteiger partial charge in [0, 0.05) is 49.4 Å². The van der Waals surface area contributed by atoms with Crippen molar-refractivity contribution in [3.8, 4) is 11.3 Å². The van der Waals surface area contributed by atoms with Gasteiger partial charge in [0.05, 0.1) is 5.69 Å². The zero-order valence-corrected chi connectivity index (χ0v) is 18.6. The van der Waals surface area contributed by atoms with Crippen LogP contribution in [0.1, 0.15) is 56.6 Å². The normalized spacial score (nSPS) is 28.4. The lowest BCUT2D eigenvalue weighted by Gasteiger charge is -2.50. The monoisotopic (exact) mass is 421 g/mol. The van der Waals surface area contributed by atoms with Gasteiger partial charge in [-0.15, -0.1) is 0 Å². The molecule has 4 unspecified atom stereocenters. The molecule has 6 rings (SSSR count). The molecule has 6 heteroatoms. The number of hydrogen-bond donors (Lipinski definition) is 2. The third-order valence-corrected chi connectivity index (χ3v) is 7.68. The lowest BCUT2D eigenvalue weighted by molar-refractivity contribution is 0.0294. The number of aromatic nitrogens is 2. The van der Waals surface area contributed by atoms with Crippen molar-refractivity contribution in [3.05, 3.63) is 42.1 Å². The standard InChI is InChI=1S/C25H35N5O/c1-29-24(15-23(28-29)18-8-4-2-5-9-18)22-17-30-13-12-19(22)14-21(30)16-26-25(31)27-20-10-6-3-7-11-20/h2,4-5,8-9,15,19-22H,3,6-7,10-14,16-17H2,1H3,(H2,26,27,31). The summed E-state index contributed by atoms with van der Waals surface area (Å²) >= 11 is 0. The molecule has 1 aromatic carbocycles. The molecule has 6 nitrogen and oxygen atoms in total. The topological polar surface area (TPSA) is 62.2 Å². The predicted octanol–water partition coefficient (Wildman–Crippen LogP) is 3.90. The van der Waals surface area contributed by atoms with Crippen LogP contribution in [-0.4, -0.2) is 52.4 Å². The first-order valence-electron chi connectivity index (χ1n) is 12.0. The van der Waals surface area contributed by atoms with Gasteiger partial charge < -0.3 is 10.6 Å². The fraction of sp³-hybridized carbons (Fsp3) is 0.600. The minimum Gasteiger partial charge on any atom is -0.337 e. The first-order chi connectivity index (χ1) is 15.2. The Morgan fingerprint density at radius 2 is 1.94 bits per heavy atom. The second kappa shape index (κ2) is 9.03. The summed E-state index contributed by atoms with van der Waals surface area (Å²) in [6, 6.07) is 13.6. The molecule has 2 bridgehead atoms. The molecule has 4 atom stereocenters. The van der Waals surface area contributed by atoms with Gasteiger partial charge in [-0.2, -0.15) is 5.10 Å². The van der Waals surface area contributed by atoms with E-state index in [4.69, 9.17) is 5.10 Å². The third kappa shape index (κ3) is 4.49. The maximum Gasteiger partial charge on any atom is 0.315 e. The predicted molar refractivity (Wildman–Crippen MR) is 123 cm³/mol. The Balaban J connectivity index is 1.19. The van der Waals surface area contributed by atoms with E-state index in [1.54, 1.807) is 0 Å². The van der Waals surface area contributed by atoms with Gasteiger partial charge in [0.25, 0.3) is 0 Å². The lowest BCUT2D eigenvalue weighted by atomic mass is 9.74. The second-order valence-corrected chi connectivity index (χ2v) is 9.67. The molecule has 2 amide bonds. The van der Waals surface area contributed by atoms with Crippen LogP contribution in [0.15, 0.2) is 36.4 Å². The molecule has 0 radical (unpaired) electrons. The van der Waals surface area contributed by atoms with Crippen molar-refractivity contribution in [2.24, 2.45) is 13.0 Å². The molecule has 4 heterocycles. The Morgan fingerprint density at radius 1 is 1.13 bits per heavy atom. The number of urea groups is 1. The van der Waals surface area contributed by atoms with Crippen molar-refractivity contribution in [1.82, 2.24) is 25.3 Å². The third-order valence-electron chi connectivity index (χ3n) is 7.68. The minimum absolute atomic E-state index is 0.0187. The van der Waals surface area contributed by atoms with Crippen molar-refractivity contribution in [3.63, 3.8) is 0 Å². The fourth-order valence-electron chi connectivity index (χ4n) is 5.96. The summed E-state index contributed by atoms with van der Waals surface area (Å²) in [5, 5.41) is 11.2. The van der Waals surface area contributed by atoms with E-state index >= 15 is 0 Å². The van der Waals surface area contributed by atoms with Crippen molar-refractivity contribution < 1.29 is 4.79 Å². The van der Waals surface area contributed by atoms with E-state index in [0.717, 1.165) is 44.6 Å². The molecule has 0 spiro atoms. The number of hydrogen-bond acceptors (Lipinski definition) is 3. The molecule has 2 N–H and O–H groups in total. The number of benzene rings is 1. The van der Waals surface area contributed by atoms with Crippen LogP contribution >= 0.6 is 0 Å². The maximum atomic E-state index is 12.4. The van der Waals surface area contributed by atoms with Crippen LogP contribution in [0.2, 0.25) is 0 Å². The summed E-state index contributed by atoms with van der Waals surface area (Å²) in [5.41, 5.74) is 3.58. The zero-order valence-electron chi connectivity index (χ0n) is 18.6. The average molecular weight is 422 g/mol. The number of nitrogens with one attached hydrogen (secondary N) is 2. The maximum absolute atomic E-state index is 12.4. The number of rotatable bonds is 5. The van der Waals surface area contributed by atoms with E-state index < -0.39 is 0 Å². The van der Waals surface area contributed by atoms with Crippen LogP contribution < -0.4 is 10.6 Å². The number of fused-ring (bicyclic) bond motifs is 3. The highest BCUT2D eigenvalue weighted by Crippen LogP contribution is 2.42. The summed E-state index contributed by atoms with van der Waals surface area (Å²) in [6.07, 6.45) is 8.43. The van der Waals surface area contributed by atoms with Crippen molar-refractivity contribution >= 4 is 6.03 Å².